The molecule has 0 aromatic heterocycles. The highest BCUT2D eigenvalue weighted by Gasteiger charge is 2.21. The maximum Gasteiger partial charge on any atom is 0.338 e. The molecule has 2 rings (SSSR count). The minimum Gasteiger partial charge on any atom is -0.478 e. The second kappa shape index (κ2) is 5.40. The molecule has 0 radical (unpaired) electrons. The molecule has 0 aliphatic carbocycles. The zero-order valence-corrected chi connectivity index (χ0v) is 10.7. The van der Waals surface area contributed by atoms with Gasteiger partial charge in [-0.1, -0.05) is 24.3 Å². The van der Waals surface area contributed by atoms with Gasteiger partial charge in [0, 0.05) is 11.8 Å². The van der Waals surface area contributed by atoms with Gasteiger partial charge in [-0.3, -0.25) is 10.1 Å². The molecule has 6 heteroatoms. The van der Waals surface area contributed by atoms with Crippen LogP contribution in [0.5, 0.6) is 0 Å². The molecule has 2 N–H and O–H groups in total. The van der Waals surface area contributed by atoms with Crippen LogP contribution in [0.15, 0.2) is 42.5 Å². The van der Waals surface area contributed by atoms with Crippen molar-refractivity contribution in [3.8, 4) is 0 Å². The zero-order chi connectivity index (χ0) is 14.7. The molecule has 6 nitrogen and oxygen atoms in total. The molecule has 0 saturated carbocycles. The average Bonchev–Trinajstić information content (AvgIpc) is 2.41. The molecule has 0 aliphatic heterocycles. The van der Waals surface area contributed by atoms with E-state index in [1.165, 1.54) is 18.2 Å². The van der Waals surface area contributed by atoms with Crippen LogP contribution in [0.4, 0.5) is 17.1 Å². The molecule has 0 heterocycles. The monoisotopic (exact) mass is 272 g/mol. The second-order valence-corrected chi connectivity index (χ2v) is 4.20. The van der Waals surface area contributed by atoms with Gasteiger partial charge < -0.3 is 10.4 Å². The zero-order valence-electron chi connectivity index (χ0n) is 10.7. The number of nitro benzene ring substituents is 1. The van der Waals surface area contributed by atoms with E-state index in [4.69, 9.17) is 5.11 Å². The number of carboxylic acids is 1. The Hall–Kier alpha value is -2.89. The molecule has 0 saturated heterocycles. The Kier molecular flexibility index (Phi) is 3.65. The van der Waals surface area contributed by atoms with E-state index in [1.807, 2.05) is 19.1 Å². The van der Waals surface area contributed by atoms with Gasteiger partial charge in [-0.05, 0) is 24.6 Å². The smallest absolute Gasteiger partial charge is 0.338 e. The van der Waals surface area contributed by atoms with Gasteiger partial charge in [0.2, 0.25) is 0 Å². The molecule has 0 aliphatic rings. The summed E-state index contributed by atoms with van der Waals surface area (Å²) in [7, 11) is 0. The quantitative estimate of drug-likeness (QED) is 0.657. The molecule has 102 valence electrons. The lowest BCUT2D eigenvalue weighted by Gasteiger charge is -2.12. The Morgan fingerprint density at radius 2 is 1.90 bits per heavy atom. The molecule has 20 heavy (non-hydrogen) atoms. The fraction of sp³-hybridized carbons (Fsp3) is 0.0714. The number of hydrogen-bond acceptors (Lipinski definition) is 4. The molecule has 0 atom stereocenters. The van der Waals surface area contributed by atoms with Crippen molar-refractivity contribution in [3.63, 3.8) is 0 Å². The summed E-state index contributed by atoms with van der Waals surface area (Å²) in [5.41, 5.74) is 1.07. The number of nitrogens with one attached hydrogen (secondary N) is 1. The first-order valence-electron chi connectivity index (χ1n) is 5.84. The number of anilines is 2. The number of carbonyl (C=O) groups is 1. The Balaban J connectivity index is 2.57. The van der Waals surface area contributed by atoms with Crippen LogP contribution >= 0.6 is 0 Å². The van der Waals surface area contributed by atoms with E-state index < -0.39 is 10.9 Å². The SMILES string of the molecule is Cc1ccccc1Nc1c(C(=O)O)cccc1[N+](=O)[O-]. The summed E-state index contributed by atoms with van der Waals surface area (Å²) < 4.78 is 0. The predicted octanol–water partition coefficient (Wildman–Crippen LogP) is 3.35. The van der Waals surface area contributed by atoms with E-state index >= 15 is 0 Å². The van der Waals surface area contributed by atoms with E-state index in [0.717, 1.165) is 5.56 Å². The number of nitro groups is 1. The standard InChI is InChI=1S/C14H12N2O4/c1-9-5-2-3-7-11(9)15-13-10(14(17)18)6-4-8-12(13)16(19)20/h2-8,15H,1H3,(H,17,18). The number of hydrogen-bond donors (Lipinski definition) is 2. The summed E-state index contributed by atoms with van der Waals surface area (Å²) in [5.74, 6) is -1.22. The average molecular weight is 272 g/mol. The summed E-state index contributed by atoms with van der Waals surface area (Å²) in [6.45, 7) is 1.83. The maximum atomic E-state index is 11.2. The van der Waals surface area contributed by atoms with E-state index in [-0.39, 0.29) is 16.9 Å². The van der Waals surface area contributed by atoms with Crippen LogP contribution in [0.3, 0.4) is 0 Å². The normalized spacial score (nSPS) is 10.1. The Bertz CT molecular complexity index is 650. The highest BCUT2D eigenvalue weighted by Crippen LogP contribution is 2.32. The molecular weight excluding hydrogens is 260 g/mol. The molecule has 0 fully saturated rings. The van der Waals surface area contributed by atoms with Crippen molar-refractivity contribution in [2.24, 2.45) is 0 Å². The van der Waals surface area contributed by atoms with Crippen molar-refractivity contribution in [2.45, 2.75) is 6.92 Å². The van der Waals surface area contributed by atoms with Crippen LogP contribution in [-0.2, 0) is 0 Å². The third-order valence-corrected chi connectivity index (χ3v) is 2.87. The minimum atomic E-state index is -1.22. The number of nitrogens with zero attached hydrogens (tertiary/aromatic N) is 1. The minimum absolute atomic E-state index is 0.0145. The summed E-state index contributed by atoms with van der Waals surface area (Å²) in [5, 5.41) is 23.1. The summed E-state index contributed by atoms with van der Waals surface area (Å²) >= 11 is 0. The van der Waals surface area contributed by atoms with Gasteiger partial charge in [0.1, 0.15) is 5.69 Å². The number of benzene rings is 2. The van der Waals surface area contributed by atoms with E-state index in [9.17, 15) is 14.9 Å². The number of aryl methyl sites for hydroxylation is 1. The molecular formula is C14H12N2O4. The molecule has 2 aromatic rings. The van der Waals surface area contributed by atoms with Gasteiger partial charge in [-0.15, -0.1) is 0 Å². The molecule has 0 unspecified atom stereocenters. The van der Waals surface area contributed by atoms with Crippen molar-refractivity contribution in [2.75, 3.05) is 5.32 Å². The van der Waals surface area contributed by atoms with Crippen molar-refractivity contribution in [1.29, 1.82) is 0 Å². The third-order valence-electron chi connectivity index (χ3n) is 2.87. The number of carboxylic acid groups (broad SMARTS) is 1. The highest BCUT2D eigenvalue weighted by atomic mass is 16.6. The van der Waals surface area contributed by atoms with Gasteiger partial charge in [-0.2, -0.15) is 0 Å². The summed E-state index contributed by atoms with van der Waals surface area (Å²) in [6.07, 6.45) is 0. The van der Waals surface area contributed by atoms with Crippen LogP contribution < -0.4 is 5.32 Å². The van der Waals surface area contributed by atoms with Crippen LogP contribution in [0.25, 0.3) is 0 Å². The van der Waals surface area contributed by atoms with Gasteiger partial charge in [0.25, 0.3) is 5.69 Å². The van der Waals surface area contributed by atoms with E-state index in [1.54, 1.807) is 12.1 Å². The summed E-state index contributed by atoms with van der Waals surface area (Å²) in [4.78, 5) is 21.6. The third kappa shape index (κ3) is 2.59. The first-order chi connectivity index (χ1) is 9.50. The van der Waals surface area contributed by atoms with Crippen LogP contribution in [0, 0.1) is 17.0 Å². The van der Waals surface area contributed by atoms with Crippen LogP contribution in [0.2, 0.25) is 0 Å². The molecule has 0 amide bonds. The number of para-hydroxylation sites is 2. The van der Waals surface area contributed by atoms with E-state index in [0.29, 0.717) is 5.69 Å². The number of rotatable bonds is 4. The van der Waals surface area contributed by atoms with E-state index in [2.05, 4.69) is 5.32 Å². The lowest BCUT2D eigenvalue weighted by atomic mass is 10.1. The lowest BCUT2D eigenvalue weighted by molar-refractivity contribution is -0.383. The predicted molar refractivity (Wildman–Crippen MR) is 74.5 cm³/mol. The van der Waals surface area contributed by atoms with Gasteiger partial charge in [0.15, 0.2) is 0 Å². The topological polar surface area (TPSA) is 92.5 Å². The highest BCUT2D eigenvalue weighted by molar-refractivity contribution is 5.98. The largest absolute Gasteiger partial charge is 0.478 e. The maximum absolute atomic E-state index is 11.2. The van der Waals surface area contributed by atoms with Gasteiger partial charge in [-0.25, -0.2) is 4.79 Å². The van der Waals surface area contributed by atoms with Gasteiger partial charge >= 0.3 is 5.97 Å². The Morgan fingerprint density at radius 1 is 1.20 bits per heavy atom. The Labute approximate surface area is 114 Å². The van der Waals surface area contributed by atoms with Crippen molar-refractivity contribution in [3.05, 3.63) is 63.7 Å². The Morgan fingerprint density at radius 3 is 2.50 bits per heavy atom. The fourth-order valence-electron chi connectivity index (χ4n) is 1.85. The van der Waals surface area contributed by atoms with Crippen molar-refractivity contribution >= 4 is 23.0 Å². The van der Waals surface area contributed by atoms with Crippen LogP contribution in [0.1, 0.15) is 15.9 Å². The van der Waals surface area contributed by atoms with Gasteiger partial charge in [0.05, 0.1) is 10.5 Å². The molecule has 0 bridgehead atoms. The fourth-order valence-corrected chi connectivity index (χ4v) is 1.85. The van der Waals surface area contributed by atoms with Crippen molar-refractivity contribution < 1.29 is 14.8 Å². The molecule has 0 spiro atoms. The lowest BCUT2D eigenvalue weighted by Crippen LogP contribution is -2.06. The first kappa shape index (κ1) is 13.5. The van der Waals surface area contributed by atoms with Crippen LogP contribution in [-0.4, -0.2) is 16.0 Å². The molecule has 2 aromatic carbocycles. The second-order valence-electron chi connectivity index (χ2n) is 4.20. The van der Waals surface area contributed by atoms with Crippen molar-refractivity contribution in [1.82, 2.24) is 0 Å². The summed E-state index contributed by atoms with van der Waals surface area (Å²) in [6, 6.07) is 11.1. The first-order valence-corrected chi connectivity index (χ1v) is 5.84. The number of aromatic carboxylic acids is 1.